The van der Waals surface area contributed by atoms with Gasteiger partial charge in [0.25, 0.3) is 5.91 Å². The Morgan fingerprint density at radius 3 is 2.50 bits per heavy atom. The molecule has 0 saturated heterocycles. The molecule has 6 nitrogen and oxygen atoms in total. The molecule has 0 spiro atoms. The summed E-state index contributed by atoms with van der Waals surface area (Å²) in [5.74, 6) is 0.891. The van der Waals surface area contributed by atoms with E-state index in [-0.39, 0.29) is 5.91 Å². The minimum atomic E-state index is -0.491. The van der Waals surface area contributed by atoms with Crippen LogP contribution in [0.15, 0.2) is 58.2 Å². The standard InChI is InChI=1S/C20H20BrN3O3S/c1-11-16(19(25)23-13-9-7-12(21)8-10-13)17(24-20(28)22-11)14-5-4-6-15(26-2)18(14)27-3/h4-10,17H,1-3H3,(H,23,25)(H2,22,24,28). The van der Waals surface area contributed by atoms with Crippen molar-refractivity contribution in [2.45, 2.75) is 13.0 Å². The molecule has 0 saturated carbocycles. The van der Waals surface area contributed by atoms with Gasteiger partial charge in [0.05, 0.1) is 25.8 Å². The molecule has 0 aliphatic carbocycles. The SMILES string of the molecule is COc1cccc(C2NC(=S)NC(C)=C2C(=O)Nc2ccc(Br)cc2)c1OC. The van der Waals surface area contributed by atoms with Crippen molar-refractivity contribution in [1.82, 2.24) is 10.6 Å². The van der Waals surface area contributed by atoms with Crippen molar-refractivity contribution in [1.29, 1.82) is 0 Å². The maximum absolute atomic E-state index is 13.1. The summed E-state index contributed by atoms with van der Waals surface area (Å²) in [5.41, 5.74) is 2.64. The van der Waals surface area contributed by atoms with E-state index >= 15 is 0 Å². The number of hydrogen-bond acceptors (Lipinski definition) is 4. The van der Waals surface area contributed by atoms with E-state index in [1.807, 2.05) is 43.3 Å². The van der Waals surface area contributed by atoms with E-state index in [2.05, 4.69) is 31.9 Å². The Hall–Kier alpha value is -2.58. The molecule has 2 aromatic rings. The van der Waals surface area contributed by atoms with Crippen molar-refractivity contribution in [3.8, 4) is 11.5 Å². The lowest BCUT2D eigenvalue weighted by Crippen LogP contribution is -2.45. The summed E-state index contributed by atoms with van der Waals surface area (Å²) in [7, 11) is 3.14. The molecule has 1 aliphatic rings. The Morgan fingerprint density at radius 1 is 1.14 bits per heavy atom. The average molecular weight is 462 g/mol. The number of anilines is 1. The lowest BCUT2D eigenvalue weighted by atomic mass is 9.94. The molecule has 1 heterocycles. The van der Waals surface area contributed by atoms with Crippen LogP contribution in [0, 0.1) is 0 Å². The maximum atomic E-state index is 13.1. The van der Waals surface area contributed by atoms with E-state index in [0.29, 0.717) is 33.6 Å². The first-order chi connectivity index (χ1) is 13.4. The van der Waals surface area contributed by atoms with Crippen molar-refractivity contribution < 1.29 is 14.3 Å². The minimum absolute atomic E-state index is 0.239. The number of allylic oxidation sites excluding steroid dienone is 1. The molecule has 1 aliphatic heterocycles. The van der Waals surface area contributed by atoms with Crippen LogP contribution in [0.5, 0.6) is 11.5 Å². The van der Waals surface area contributed by atoms with Crippen LogP contribution in [-0.2, 0) is 4.79 Å². The molecule has 0 aromatic heterocycles. The highest BCUT2D eigenvalue weighted by Gasteiger charge is 2.32. The van der Waals surface area contributed by atoms with Gasteiger partial charge in [-0.2, -0.15) is 0 Å². The van der Waals surface area contributed by atoms with E-state index in [1.165, 1.54) is 0 Å². The van der Waals surface area contributed by atoms with E-state index in [0.717, 1.165) is 10.0 Å². The molecule has 3 rings (SSSR count). The molecule has 0 fully saturated rings. The zero-order valence-corrected chi connectivity index (χ0v) is 18.0. The number of ether oxygens (including phenoxy) is 2. The summed E-state index contributed by atoms with van der Waals surface area (Å²) < 4.78 is 11.9. The van der Waals surface area contributed by atoms with Crippen LogP contribution < -0.4 is 25.4 Å². The van der Waals surface area contributed by atoms with Gasteiger partial charge in [0.1, 0.15) is 0 Å². The molecule has 1 amide bonds. The fraction of sp³-hybridized carbons (Fsp3) is 0.200. The first kappa shape index (κ1) is 20.2. The fourth-order valence-corrected chi connectivity index (χ4v) is 3.63. The zero-order chi connectivity index (χ0) is 20.3. The molecule has 1 atom stereocenters. The number of hydrogen-bond donors (Lipinski definition) is 3. The number of rotatable bonds is 5. The third-order valence-corrected chi connectivity index (χ3v) is 5.11. The van der Waals surface area contributed by atoms with E-state index in [4.69, 9.17) is 21.7 Å². The number of thiocarbonyl (C=S) groups is 1. The third kappa shape index (κ3) is 4.13. The van der Waals surface area contributed by atoms with Crippen LogP contribution in [0.4, 0.5) is 5.69 Å². The molecule has 3 N–H and O–H groups in total. The van der Waals surface area contributed by atoms with E-state index < -0.39 is 6.04 Å². The average Bonchev–Trinajstić information content (AvgIpc) is 2.68. The Balaban J connectivity index is 2.02. The highest BCUT2D eigenvalue weighted by molar-refractivity contribution is 9.10. The summed E-state index contributed by atoms with van der Waals surface area (Å²) >= 11 is 8.71. The molecule has 0 bridgehead atoms. The number of amides is 1. The first-order valence-electron chi connectivity index (χ1n) is 8.50. The monoisotopic (exact) mass is 461 g/mol. The first-order valence-corrected chi connectivity index (χ1v) is 9.70. The van der Waals surface area contributed by atoms with Gasteiger partial charge in [-0.25, -0.2) is 0 Å². The minimum Gasteiger partial charge on any atom is -0.493 e. The van der Waals surface area contributed by atoms with Gasteiger partial charge in [0.15, 0.2) is 16.6 Å². The number of para-hydroxylation sites is 1. The van der Waals surface area contributed by atoms with Gasteiger partial charge in [-0.05, 0) is 49.5 Å². The number of carbonyl (C=O) groups is 1. The van der Waals surface area contributed by atoms with Crippen molar-refractivity contribution in [3.63, 3.8) is 0 Å². The molecule has 8 heteroatoms. The largest absolute Gasteiger partial charge is 0.493 e. The Morgan fingerprint density at radius 2 is 1.86 bits per heavy atom. The van der Waals surface area contributed by atoms with Crippen LogP contribution in [-0.4, -0.2) is 25.2 Å². The zero-order valence-electron chi connectivity index (χ0n) is 15.6. The van der Waals surface area contributed by atoms with Crippen LogP contribution >= 0.6 is 28.1 Å². The van der Waals surface area contributed by atoms with E-state index in [1.54, 1.807) is 20.3 Å². The second kappa shape index (κ2) is 8.62. The van der Waals surface area contributed by atoms with Gasteiger partial charge in [-0.3, -0.25) is 4.79 Å². The lowest BCUT2D eigenvalue weighted by molar-refractivity contribution is -0.113. The highest BCUT2D eigenvalue weighted by atomic mass is 79.9. The van der Waals surface area contributed by atoms with Gasteiger partial charge < -0.3 is 25.4 Å². The van der Waals surface area contributed by atoms with Crippen LogP contribution in [0.2, 0.25) is 0 Å². The third-order valence-electron chi connectivity index (χ3n) is 4.36. The summed E-state index contributed by atoms with van der Waals surface area (Å²) in [6.07, 6.45) is 0. The molecular weight excluding hydrogens is 442 g/mol. The summed E-state index contributed by atoms with van der Waals surface area (Å²) in [6, 6.07) is 12.4. The van der Waals surface area contributed by atoms with Gasteiger partial charge in [-0.15, -0.1) is 0 Å². The number of methoxy groups -OCH3 is 2. The molecule has 28 heavy (non-hydrogen) atoms. The summed E-state index contributed by atoms with van der Waals surface area (Å²) in [4.78, 5) is 13.1. The Labute approximate surface area is 177 Å². The quantitative estimate of drug-likeness (QED) is 0.586. The fourth-order valence-electron chi connectivity index (χ4n) is 3.10. The number of carbonyl (C=O) groups excluding carboxylic acids is 1. The summed E-state index contributed by atoms with van der Waals surface area (Å²) in [6.45, 7) is 1.82. The Bertz CT molecular complexity index is 944. The lowest BCUT2D eigenvalue weighted by Gasteiger charge is -2.31. The second-order valence-electron chi connectivity index (χ2n) is 6.11. The maximum Gasteiger partial charge on any atom is 0.255 e. The van der Waals surface area contributed by atoms with Gasteiger partial charge in [-0.1, -0.05) is 28.1 Å². The molecule has 146 valence electrons. The van der Waals surface area contributed by atoms with Crippen LogP contribution in [0.3, 0.4) is 0 Å². The topological polar surface area (TPSA) is 71.6 Å². The number of benzene rings is 2. The Kier molecular flexibility index (Phi) is 6.21. The molecular formula is C20H20BrN3O3S. The van der Waals surface area contributed by atoms with Gasteiger partial charge in [0, 0.05) is 21.4 Å². The van der Waals surface area contributed by atoms with E-state index in [9.17, 15) is 4.79 Å². The highest BCUT2D eigenvalue weighted by Crippen LogP contribution is 2.39. The van der Waals surface area contributed by atoms with Crippen molar-refractivity contribution in [2.24, 2.45) is 0 Å². The summed E-state index contributed by atoms with van der Waals surface area (Å²) in [5, 5.41) is 9.58. The van der Waals surface area contributed by atoms with Crippen molar-refractivity contribution >= 4 is 44.9 Å². The molecule has 0 radical (unpaired) electrons. The van der Waals surface area contributed by atoms with Gasteiger partial charge in [0.2, 0.25) is 0 Å². The van der Waals surface area contributed by atoms with Crippen LogP contribution in [0.1, 0.15) is 18.5 Å². The van der Waals surface area contributed by atoms with Crippen LogP contribution in [0.25, 0.3) is 0 Å². The predicted molar refractivity (Wildman–Crippen MR) is 117 cm³/mol. The molecule has 1 unspecified atom stereocenters. The number of nitrogens with one attached hydrogen (secondary N) is 3. The normalized spacial score (nSPS) is 16.1. The molecule has 2 aromatic carbocycles. The predicted octanol–water partition coefficient (Wildman–Crippen LogP) is 3.90. The van der Waals surface area contributed by atoms with Gasteiger partial charge >= 0.3 is 0 Å². The smallest absolute Gasteiger partial charge is 0.255 e. The van der Waals surface area contributed by atoms with Crippen molar-refractivity contribution in [3.05, 3.63) is 63.8 Å². The second-order valence-corrected chi connectivity index (χ2v) is 7.44. The van der Waals surface area contributed by atoms with Crippen molar-refractivity contribution in [2.75, 3.05) is 19.5 Å². The number of halogens is 1.